The lowest BCUT2D eigenvalue weighted by atomic mass is 9.85. The van der Waals surface area contributed by atoms with Crippen LogP contribution in [0.4, 0.5) is 5.69 Å². The molecule has 0 atom stereocenters. The van der Waals surface area contributed by atoms with Crippen molar-refractivity contribution in [3.8, 4) is 0 Å². The van der Waals surface area contributed by atoms with E-state index in [1.54, 1.807) is 7.05 Å². The van der Waals surface area contributed by atoms with Crippen molar-refractivity contribution in [2.45, 2.75) is 39.3 Å². The number of carbonyl (C=O) groups excluding carboxylic acids is 1. The number of aliphatic imine (C=N–C) groups is 1. The van der Waals surface area contributed by atoms with Crippen molar-refractivity contribution < 1.29 is 4.79 Å². The number of carbonyl (C=O) groups is 1. The van der Waals surface area contributed by atoms with Crippen molar-refractivity contribution in [1.29, 1.82) is 0 Å². The Kier molecular flexibility index (Phi) is 8.76. The molecule has 3 rings (SSSR count). The normalized spacial score (nSPS) is 13.9. The minimum atomic E-state index is 0. The van der Waals surface area contributed by atoms with E-state index in [0.717, 1.165) is 43.0 Å². The van der Waals surface area contributed by atoms with Gasteiger partial charge in [-0.05, 0) is 43.0 Å². The maximum absolute atomic E-state index is 12.1. The van der Waals surface area contributed by atoms with E-state index in [-0.39, 0.29) is 35.8 Å². The molecule has 0 spiro atoms. The molecular formula is C22H29IN4O. The molecule has 3 N–H and O–H groups in total. The highest BCUT2D eigenvalue weighted by Crippen LogP contribution is 2.27. The Balaban J connectivity index is 0.00000280. The molecule has 0 unspecified atom stereocenters. The minimum absolute atomic E-state index is 0. The lowest BCUT2D eigenvalue weighted by Gasteiger charge is -2.24. The van der Waals surface area contributed by atoms with Crippen LogP contribution in [0.15, 0.2) is 53.5 Å². The number of anilines is 1. The number of aryl methyl sites for hydroxylation is 1. The van der Waals surface area contributed by atoms with Crippen LogP contribution in [0, 0.1) is 12.8 Å². The fraction of sp³-hybridized carbons (Fsp3) is 0.364. The Hall–Kier alpha value is -2.09. The predicted octanol–water partition coefficient (Wildman–Crippen LogP) is 4.22. The van der Waals surface area contributed by atoms with Crippen molar-refractivity contribution in [3.05, 3.63) is 65.2 Å². The highest BCUT2D eigenvalue weighted by molar-refractivity contribution is 14.0. The number of amides is 1. The molecule has 5 nitrogen and oxygen atoms in total. The van der Waals surface area contributed by atoms with E-state index in [2.05, 4.69) is 52.1 Å². The van der Waals surface area contributed by atoms with Gasteiger partial charge in [0.2, 0.25) is 5.91 Å². The average molecular weight is 492 g/mol. The van der Waals surface area contributed by atoms with Crippen molar-refractivity contribution in [2.24, 2.45) is 10.9 Å². The molecule has 2 aromatic carbocycles. The van der Waals surface area contributed by atoms with Gasteiger partial charge in [-0.25, -0.2) is 0 Å². The van der Waals surface area contributed by atoms with Gasteiger partial charge in [-0.2, -0.15) is 0 Å². The van der Waals surface area contributed by atoms with Gasteiger partial charge in [-0.15, -0.1) is 24.0 Å². The van der Waals surface area contributed by atoms with Crippen LogP contribution >= 0.6 is 24.0 Å². The van der Waals surface area contributed by atoms with Crippen LogP contribution in [-0.4, -0.2) is 18.9 Å². The molecule has 1 aliphatic carbocycles. The predicted molar refractivity (Wildman–Crippen MR) is 126 cm³/mol. The number of benzene rings is 2. The standard InChI is InChI=1S/C22H28N4O.HI/c1-16-6-3-7-17(12-16)14-24-22(23-2)25-15-18-8-4-11-20(13-18)26-21(27)19-9-5-10-19;/h3-4,6-8,11-13,19H,5,9-10,14-15H2,1-2H3,(H,26,27)(H2,23,24,25);1H. The highest BCUT2D eigenvalue weighted by Gasteiger charge is 2.25. The second kappa shape index (κ2) is 11.0. The SMILES string of the molecule is CN=C(NCc1cccc(C)c1)NCc1cccc(NC(=O)C2CCC2)c1.I. The monoisotopic (exact) mass is 492 g/mol. The van der Waals surface area contributed by atoms with Crippen LogP contribution in [0.2, 0.25) is 0 Å². The van der Waals surface area contributed by atoms with E-state index in [1.165, 1.54) is 11.1 Å². The van der Waals surface area contributed by atoms with E-state index in [4.69, 9.17) is 0 Å². The summed E-state index contributed by atoms with van der Waals surface area (Å²) in [6, 6.07) is 16.4. The Morgan fingerprint density at radius 2 is 1.68 bits per heavy atom. The Labute approximate surface area is 184 Å². The van der Waals surface area contributed by atoms with Gasteiger partial charge in [0.25, 0.3) is 0 Å². The third kappa shape index (κ3) is 6.51. The molecule has 0 saturated heterocycles. The zero-order valence-electron chi connectivity index (χ0n) is 16.5. The quantitative estimate of drug-likeness (QED) is 0.322. The van der Waals surface area contributed by atoms with Gasteiger partial charge in [0.15, 0.2) is 5.96 Å². The Morgan fingerprint density at radius 1 is 1.04 bits per heavy atom. The second-order valence-electron chi connectivity index (χ2n) is 7.09. The Bertz CT molecular complexity index is 818. The lowest BCUT2D eigenvalue weighted by molar-refractivity contribution is -0.122. The van der Waals surface area contributed by atoms with Gasteiger partial charge in [-0.1, -0.05) is 48.4 Å². The van der Waals surface area contributed by atoms with E-state index >= 15 is 0 Å². The average Bonchev–Trinajstić information content (AvgIpc) is 2.61. The van der Waals surface area contributed by atoms with Crippen molar-refractivity contribution in [1.82, 2.24) is 10.6 Å². The van der Waals surface area contributed by atoms with Crippen LogP contribution in [0.1, 0.15) is 36.0 Å². The first kappa shape index (κ1) is 22.2. The van der Waals surface area contributed by atoms with Gasteiger partial charge in [0.1, 0.15) is 0 Å². The molecule has 150 valence electrons. The molecule has 0 aliphatic heterocycles. The summed E-state index contributed by atoms with van der Waals surface area (Å²) in [5, 5.41) is 9.68. The van der Waals surface area contributed by atoms with E-state index < -0.39 is 0 Å². The zero-order valence-corrected chi connectivity index (χ0v) is 18.8. The van der Waals surface area contributed by atoms with E-state index in [9.17, 15) is 4.79 Å². The number of rotatable bonds is 6. The summed E-state index contributed by atoms with van der Waals surface area (Å²) >= 11 is 0. The van der Waals surface area contributed by atoms with Gasteiger partial charge < -0.3 is 16.0 Å². The largest absolute Gasteiger partial charge is 0.352 e. The van der Waals surface area contributed by atoms with Crippen molar-refractivity contribution >= 4 is 41.5 Å². The maximum atomic E-state index is 12.1. The third-order valence-corrected chi connectivity index (χ3v) is 4.90. The topological polar surface area (TPSA) is 65.5 Å². The molecule has 2 aromatic rings. The van der Waals surface area contributed by atoms with Gasteiger partial charge in [0, 0.05) is 31.7 Å². The van der Waals surface area contributed by atoms with Crippen LogP contribution in [0.25, 0.3) is 0 Å². The summed E-state index contributed by atoms with van der Waals surface area (Å²) in [5.41, 5.74) is 4.42. The first-order chi connectivity index (χ1) is 13.1. The van der Waals surface area contributed by atoms with Crippen LogP contribution in [0.5, 0.6) is 0 Å². The Morgan fingerprint density at radius 3 is 2.25 bits per heavy atom. The molecule has 1 amide bonds. The van der Waals surface area contributed by atoms with E-state index in [0.29, 0.717) is 6.54 Å². The summed E-state index contributed by atoms with van der Waals surface area (Å²) in [5.74, 6) is 1.08. The first-order valence-electron chi connectivity index (χ1n) is 9.54. The number of halogens is 1. The number of nitrogens with zero attached hydrogens (tertiary/aromatic N) is 1. The summed E-state index contributed by atoms with van der Waals surface area (Å²) in [6.07, 6.45) is 3.18. The third-order valence-electron chi connectivity index (χ3n) is 4.90. The van der Waals surface area contributed by atoms with Crippen molar-refractivity contribution in [2.75, 3.05) is 12.4 Å². The zero-order chi connectivity index (χ0) is 19.1. The van der Waals surface area contributed by atoms with Gasteiger partial charge in [0.05, 0.1) is 0 Å². The molecule has 0 heterocycles. The summed E-state index contributed by atoms with van der Waals surface area (Å²) in [6.45, 7) is 3.45. The van der Waals surface area contributed by atoms with Gasteiger partial charge in [-0.3, -0.25) is 9.79 Å². The molecule has 1 saturated carbocycles. The maximum Gasteiger partial charge on any atom is 0.227 e. The number of guanidine groups is 1. The van der Waals surface area contributed by atoms with Gasteiger partial charge >= 0.3 is 0 Å². The van der Waals surface area contributed by atoms with Crippen LogP contribution < -0.4 is 16.0 Å². The molecule has 0 aromatic heterocycles. The molecule has 28 heavy (non-hydrogen) atoms. The fourth-order valence-electron chi connectivity index (χ4n) is 3.09. The number of hydrogen-bond acceptors (Lipinski definition) is 2. The summed E-state index contributed by atoms with van der Waals surface area (Å²) < 4.78 is 0. The lowest BCUT2D eigenvalue weighted by Crippen LogP contribution is -2.36. The van der Waals surface area contributed by atoms with Crippen LogP contribution in [0.3, 0.4) is 0 Å². The minimum Gasteiger partial charge on any atom is -0.352 e. The first-order valence-corrected chi connectivity index (χ1v) is 9.54. The highest BCUT2D eigenvalue weighted by atomic mass is 127. The molecule has 1 fully saturated rings. The summed E-state index contributed by atoms with van der Waals surface area (Å²) in [4.78, 5) is 16.4. The molecule has 1 aliphatic rings. The number of nitrogens with one attached hydrogen (secondary N) is 3. The smallest absolute Gasteiger partial charge is 0.227 e. The summed E-state index contributed by atoms with van der Waals surface area (Å²) in [7, 11) is 1.76. The molecule has 0 radical (unpaired) electrons. The van der Waals surface area contributed by atoms with E-state index in [1.807, 2.05) is 24.3 Å². The molecule has 6 heteroatoms. The van der Waals surface area contributed by atoms with Crippen molar-refractivity contribution in [3.63, 3.8) is 0 Å². The van der Waals surface area contributed by atoms with Crippen LogP contribution in [-0.2, 0) is 17.9 Å². The fourth-order valence-corrected chi connectivity index (χ4v) is 3.09. The number of hydrogen-bond donors (Lipinski definition) is 3. The molecule has 0 bridgehead atoms. The molecular weight excluding hydrogens is 463 g/mol. The second-order valence-corrected chi connectivity index (χ2v) is 7.09.